The largest absolute Gasteiger partial charge is 0.382 e. The van der Waals surface area contributed by atoms with Gasteiger partial charge in [-0.1, -0.05) is 11.6 Å². The number of hydrogen-bond donors (Lipinski definition) is 1. The summed E-state index contributed by atoms with van der Waals surface area (Å²) in [6, 6.07) is 0. The molecule has 1 rings (SSSR count). The van der Waals surface area contributed by atoms with E-state index in [-0.39, 0.29) is 28.6 Å². The molecule has 0 aliphatic heterocycles. The van der Waals surface area contributed by atoms with Crippen LogP contribution in [0.2, 0.25) is 10.4 Å². The van der Waals surface area contributed by atoms with Crippen LogP contribution in [0, 0.1) is 0 Å². The van der Waals surface area contributed by atoms with E-state index in [4.69, 9.17) is 32.7 Å². The van der Waals surface area contributed by atoms with Crippen LogP contribution in [0.4, 0.5) is 5.69 Å². The zero-order valence-electron chi connectivity index (χ0n) is 9.07. The van der Waals surface area contributed by atoms with E-state index in [0.29, 0.717) is 13.2 Å². The lowest BCUT2D eigenvalue weighted by Gasteiger charge is -2.06. The second-order valence-corrected chi connectivity index (χ2v) is 3.63. The number of nitrogens with one attached hydrogen (secondary N) is 1. The molecule has 17 heavy (non-hydrogen) atoms. The highest BCUT2D eigenvalue weighted by atomic mass is 35.5. The lowest BCUT2D eigenvalue weighted by atomic mass is 10.5. The van der Waals surface area contributed by atoms with Crippen LogP contribution in [0.15, 0.2) is 6.20 Å². The standard InChI is InChI=1S/C9H11Cl2N3O3/c1-16-2-3-17-5-7(15)13-6-4-12-9(11)14-8(6)10/h4H,2-3,5H2,1H3,(H,13,15). The lowest BCUT2D eigenvalue weighted by Crippen LogP contribution is -2.20. The van der Waals surface area contributed by atoms with Crippen molar-refractivity contribution in [2.45, 2.75) is 0 Å². The molecule has 0 spiro atoms. The number of aromatic nitrogens is 2. The SMILES string of the molecule is COCCOCC(=O)Nc1cnc(Cl)nc1Cl. The number of methoxy groups -OCH3 is 1. The van der Waals surface area contributed by atoms with Crippen molar-refractivity contribution in [1.29, 1.82) is 0 Å². The van der Waals surface area contributed by atoms with Crippen molar-refractivity contribution in [2.75, 3.05) is 32.2 Å². The molecule has 0 fully saturated rings. The van der Waals surface area contributed by atoms with E-state index in [0.717, 1.165) is 0 Å². The lowest BCUT2D eigenvalue weighted by molar-refractivity contribution is -0.121. The Kier molecular flexibility index (Phi) is 6.13. The van der Waals surface area contributed by atoms with Crippen molar-refractivity contribution in [1.82, 2.24) is 9.97 Å². The topological polar surface area (TPSA) is 73.3 Å². The predicted molar refractivity (Wildman–Crippen MR) is 63.4 cm³/mol. The molecule has 1 aromatic heterocycles. The van der Waals surface area contributed by atoms with Gasteiger partial charge >= 0.3 is 0 Å². The fourth-order valence-electron chi connectivity index (χ4n) is 0.918. The summed E-state index contributed by atoms with van der Waals surface area (Å²) in [6.07, 6.45) is 1.32. The molecule has 0 aliphatic rings. The molecule has 1 heterocycles. The third kappa shape index (κ3) is 5.27. The van der Waals surface area contributed by atoms with Gasteiger partial charge in [-0.2, -0.15) is 0 Å². The van der Waals surface area contributed by atoms with Gasteiger partial charge in [-0.05, 0) is 11.6 Å². The highest BCUT2D eigenvalue weighted by Crippen LogP contribution is 2.18. The number of ether oxygens (including phenoxy) is 2. The van der Waals surface area contributed by atoms with Crippen LogP contribution < -0.4 is 5.32 Å². The summed E-state index contributed by atoms with van der Waals surface area (Å²) in [5, 5.41) is 2.59. The van der Waals surface area contributed by atoms with Crippen molar-refractivity contribution >= 4 is 34.8 Å². The van der Waals surface area contributed by atoms with Crippen molar-refractivity contribution in [2.24, 2.45) is 0 Å². The number of carbonyl (C=O) groups excluding carboxylic acids is 1. The number of hydrogen-bond acceptors (Lipinski definition) is 5. The smallest absolute Gasteiger partial charge is 0.250 e. The molecule has 1 amide bonds. The van der Waals surface area contributed by atoms with Crippen LogP contribution in [0.3, 0.4) is 0 Å². The van der Waals surface area contributed by atoms with Crippen LogP contribution >= 0.6 is 23.2 Å². The first-order valence-electron chi connectivity index (χ1n) is 4.68. The maximum absolute atomic E-state index is 11.4. The Hall–Kier alpha value is -0.950. The molecule has 94 valence electrons. The van der Waals surface area contributed by atoms with Crippen molar-refractivity contribution < 1.29 is 14.3 Å². The molecular formula is C9H11Cl2N3O3. The number of anilines is 1. The van der Waals surface area contributed by atoms with Crippen LogP contribution in [-0.4, -0.2) is 42.8 Å². The van der Waals surface area contributed by atoms with Gasteiger partial charge in [-0.15, -0.1) is 0 Å². The predicted octanol–water partition coefficient (Wildman–Crippen LogP) is 1.38. The van der Waals surface area contributed by atoms with E-state index in [9.17, 15) is 4.79 Å². The molecule has 0 saturated carbocycles. The summed E-state index contributed by atoms with van der Waals surface area (Å²) < 4.78 is 9.79. The normalized spacial score (nSPS) is 10.3. The molecule has 8 heteroatoms. The molecular weight excluding hydrogens is 269 g/mol. The molecule has 0 saturated heterocycles. The quantitative estimate of drug-likeness (QED) is 0.484. The van der Waals surface area contributed by atoms with E-state index < -0.39 is 0 Å². The fourth-order valence-corrected chi connectivity index (χ4v) is 1.27. The summed E-state index contributed by atoms with van der Waals surface area (Å²) in [5.74, 6) is -0.353. The van der Waals surface area contributed by atoms with Crippen LogP contribution in [0.25, 0.3) is 0 Å². The van der Waals surface area contributed by atoms with Crippen LogP contribution in [0.5, 0.6) is 0 Å². The van der Waals surface area contributed by atoms with Crippen LogP contribution in [0.1, 0.15) is 0 Å². The third-order valence-electron chi connectivity index (χ3n) is 1.65. The van der Waals surface area contributed by atoms with Crippen molar-refractivity contribution in [3.05, 3.63) is 16.6 Å². The number of halogens is 2. The second kappa shape index (κ2) is 7.39. The van der Waals surface area contributed by atoms with Crippen molar-refractivity contribution in [3.63, 3.8) is 0 Å². The summed E-state index contributed by atoms with van der Waals surface area (Å²) in [5.41, 5.74) is 0.288. The first-order valence-corrected chi connectivity index (χ1v) is 5.43. The monoisotopic (exact) mass is 279 g/mol. The fraction of sp³-hybridized carbons (Fsp3) is 0.444. The minimum Gasteiger partial charge on any atom is -0.382 e. The van der Waals surface area contributed by atoms with Gasteiger partial charge in [0.2, 0.25) is 11.2 Å². The van der Waals surface area contributed by atoms with E-state index in [2.05, 4.69) is 15.3 Å². The van der Waals surface area contributed by atoms with Gasteiger partial charge in [0, 0.05) is 7.11 Å². The Bertz CT molecular complexity index is 390. The Morgan fingerprint density at radius 3 is 2.88 bits per heavy atom. The Labute approximate surface area is 108 Å². The average Bonchev–Trinajstić information content (AvgIpc) is 2.28. The molecule has 0 bridgehead atoms. The minimum absolute atomic E-state index is 0.0179. The highest BCUT2D eigenvalue weighted by molar-refractivity contribution is 6.34. The first kappa shape index (κ1) is 14.1. The van der Waals surface area contributed by atoms with Gasteiger partial charge in [0.05, 0.1) is 25.1 Å². The van der Waals surface area contributed by atoms with Gasteiger partial charge in [-0.25, -0.2) is 9.97 Å². The minimum atomic E-state index is -0.353. The van der Waals surface area contributed by atoms with Gasteiger partial charge in [-0.3, -0.25) is 4.79 Å². The summed E-state index contributed by atoms with van der Waals surface area (Å²) >= 11 is 11.3. The van der Waals surface area contributed by atoms with Gasteiger partial charge in [0.15, 0.2) is 5.15 Å². The summed E-state index contributed by atoms with van der Waals surface area (Å²) in [4.78, 5) is 18.8. The molecule has 1 aromatic rings. The van der Waals surface area contributed by atoms with E-state index >= 15 is 0 Å². The zero-order chi connectivity index (χ0) is 12.7. The number of carbonyl (C=O) groups is 1. The van der Waals surface area contributed by atoms with E-state index in [1.807, 2.05) is 0 Å². The van der Waals surface area contributed by atoms with Gasteiger partial charge < -0.3 is 14.8 Å². The molecule has 0 radical (unpaired) electrons. The maximum Gasteiger partial charge on any atom is 0.250 e. The molecule has 0 aliphatic carbocycles. The van der Waals surface area contributed by atoms with Crippen LogP contribution in [-0.2, 0) is 14.3 Å². The number of amides is 1. The average molecular weight is 280 g/mol. The Morgan fingerprint density at radius 1 is 1.47 bits per heavy atom. The number of rotatable bonds is 6. The Balaban J connectivity index is 2.40. The maximum atomic E-state index is 11.4. The highest BCUT2D eigenvalue weighted by Gasteiger charge is 2.08. The van der Waals surface area contributed by atoms with Gasteiger partial charge in [0.1, 0.15) is 6.61 Å². The van der Waals surface area contributed by atoms with Gasteiger partial charge in [0.25, 0.3) is 0 Å². The zero-order valence-corrected chi connectivity index (χ0v) is 10.6. The van der Waals surface area contributed by atoms with Crippen molar-refractivity contribution in [3.8, 4) is 0 Å². The molecule has 0 atom stereocenters. The molecule has 1 N–H and O–H groups in total. The summed E-state index contributed by atoms with van der Waals surface area (Å²) in [6.45, 7) is 0.676. The van der Waals surface area contributed by atoms with E-state index in [1.54, 1.807) is 7.11 Å². The molecule has 0 aromatic carbocycles. The number of nitrogens with zero attached hydrogens (tertiary/aromatic N) is 2. The first-order chi connectivity index (χ1) is 8.13. The Morgan fingerprint density at radius 2 is 2.24 bits per heavy atom. The molecule has 6 nitrogen and oxygen atoms in total. The van der Waals surface area contributed by atoms with E-state index in [1.165, 1.54) is 6.20 Å². The second-order valence-electron chi connectivity index (χ2n) is 2.94. The third-order valence-corrected chi connectivity index (χ3v) is 2.12. The summed E-state index contributed by atoms with van der Waals surface area (Å²) in [7, 11) is 1.55. The molecule has 0 unspecified atom stereocenters.